The van der Waals surface area contributed by atoms with Gasteiger partial charge in [0.2, 0.25) is 0 Å². The van der Waals surface area contributed by atoms with E-state index in [0.717, 1.165) is 40.7 Å². The van der Waals surface area contributed by atoms with Gasteiger partial charge < -0.3 is 9.64 Å². The van der Waals surface area contributed by atoms with E-state index in [-0.39, 0.29) is 0 Å². The van der Waals surface area contributed by atoms with Crippen molar-refractivity contribution in [1.82, 2.24) is 19.6 Å². The third-order valence-electron chi connectivity index (χ3n) is 5.54. The molecule has 0 bridgehead atoms. The van der Waals surface area contributed by atoms with Gasteiger partial charge in [-0.15, -0.1) is 11.3 Å². The number of rotatable bonds is 5. The Balaban J connectivity index is 1.34. The predicted octanol–water partition coefficient (Wildman–Crippen LogP) is 4.29. The maximum absolute atomic E-state index is 5.54. The van der Waals surface area contributed by atoms with Crippen LogP contribution in [-0.4, -0.2) is 52.1 Å². The van der Waals surface area contributed by atoms with Crippen molar-refractivity contribution >= 4 is 44.9 Å². The lowest BCUT2D eigenvalue weighted by atomic mass is 10.2. The molecule has 0 aliphatic carbocycles. The summed E-state index contributed by atoms with van der Waals surface area (Å²) in [6.07, 6.45) is 5.38. The fourth-order valence-electron chi connectivity index (χ4n) is 3.93. The molecule has 1 aromatic carbocycles. The van der Waals surface area contributed by atoms with Gasteiger partial charge in [0, 0.05) is 52.8 Å². The van der Waals surface area contributed by atoms with E-state index in [2.05, 4.69) is 44.7 Å². The number of anilines is 2. The van der Waals surface area contributed by atoms with E-state index < -0.39 is 0 Å². The summed E-state index contributed by atoms with van der Waals surface area (Å²) in [5, 5.41) is 10.5. The average Bonchev–Trinajstić information content (AvgIpc) is 3.48. The lowest BCUT2D eigenvalue weighted by Gasteiger charge is -2.29. The Bertz CT molecular complexity index is 1400. The molecule has 9 heteroatoms. The number of hydrogen-bond donors (Lipinski definition) is 1. The largest absolute Gasteiger partial charge is 0.378 e. The number of aromatic nitrogens is 4. The molecule has 5 heterocycles. The number of nitrogens with one attached hydrogen (secondary N) is 1. The highest BCUT2D eigenvalue weighted by molar-refractivity contribution is 7.20. The van der Waals surface area contributed by atoms with Crippen molar-refractivity contribution < 1.29 is 4.74 Å². The molecule has 1 N–H and O–H groups in total. The summed E-state index contributed by atoms with van der Waals surface area (Å²) in [6.45, 7) is 2.98. The van der Waals surface area contributed by atoms with Crippen LogP contribution >= 0.6 is 11.3 Å². The Labute approximate surface area is 194 Å². The van der Waals surface area contributed by atoms with Crippen molar-refractivity contribution in [2.45, 2.75) is 0 Å². The van der Waals surface area contributed by atoms with Gasteiger partial charge in [-0.25, -0.2) is 4.98 Å². The molecule has 1 aliphatic heterocycles. The maximum atomic E-state index is 5.54. The molecule has 1 aliphatic rings. The lowest BCUT2D eigenvalue weighted by molar-refractivity contribution is 0.122. The highest BCUT2D eigenvalue weighted by Gasteiger charge is 2.18. The fourth-order valence-corrected chi connectivity index (χ4v) is 4.86. The first-order valence-electron chi connectivity index (χ1n) is 10.7. The molecule has 164 valence electrons. The Morgan fingerprint density at radius 2 is 1.88 bits per heavy atom. The number of fused-ring (bicyclic) bond motifs is 2. The van der Waals surface area contributed by atoms with Crippen LogP contribution in [0.15, 0.2) is 72.1 Å². The molecule has 0 spiro atoms. The second-order valence-corrected chi connectivity index (χ2v) is 8.81. The highest BCUT2D eigenvalue weighted by atomic mass is 32.1. The van der Waals surface area contributed by atoms with Crippen LogP contribution in [-0.2, 0) is 4.74 Å². The van der Waals surface area contributed by atoms with Gasteiger partial charge in [0.05, 0.1) is 25.1 Å². The molecule has 8 nitrogen and oxygen atoms in total. The Hall–Kier alpha value is -3.82. The van der Waals surface area contributed by atoms with Crippen LogP contribution in [0.2, 0.25) is 0 Å². The van der Waals surface area contributed by atoms with Gasteiger partial charge in [0.25, 0.3) is 0 Å². The summed E-state index contributed by atoms with van der Waals surface area (Å²) in [5.41, 5.74) is 5.72. The number of hydrazone groups is 1. The molecule has 0 atom stereocenters. The van der Waals surface area contributed by atoms with Gasteiger partial charge in [0.1, 0.15) is 5.82 Å². The Morgan fingerprint density at radius 3 is 2.73 bits per heavy atom. The van der Waals surface area contributed by atoms with E-state index in [1.54, 1.807) is 23.7 Å². The molecule has 4 aromatic heterocycles. The molecule has 0 unspecified atom stereocenters. The van der Waals surface area contributed by atoms with E-state index in [1.165, 1.54) is 10.1 Å². The minimum atomic E-state index is 0.669. The normalized spacial score (nSPS) is 14.5. The smallest absolute Gasteiger partial charge is 0.160 e. The molecule has 33 heavy (non-hydrogen) atoms. The van der Waals surface area contributed by atoms with Crippen molar-refractivity contribution in [3.63, 3.8) is 0 Å². The number of pyridine rings is 1. The van der Waals surface area contributed by atoms with Crippen molar-refractivity contribution in [2.24, 2.45) is 5.10 Å². The zero-order valence-electron chi connectivity index (χ0n) is 17.8. The van der Waals surface area contributed by atoms with E-state index in [1.807, 2.05) is 41.1 Å². The van der Waals surface area contributed by atoms with E-state index >= 15 is 0 Å². The van der Waals surface area contributed by atoms with Gasteiger partial charge >= 0.3 is 0 Å². The minimum Gasteiger partial charge on any atom is -0.378 e. The van der Waals surface area contributed by atoms with Crippen molar-refractivity contribution in [2.75, 3.05) is 36.6 Å². The summed E-state index contributed by atoms with van der Waals surface area (Å²) < 4.78 is 8.68. The van der Waals surface area contributed by atoms with Crippen LogP contribution in [0.3, 0.4) is 0 Å². The molecule has 0 radical (unpaired) electrons. The number of hydrogen-bond acceptors (Lipinski definition) is 8. The third kappa shape index (κ3) is 4.04. The minimum absolute atomic E-state index is 0.669. The summed E-state index contributed by atoms with van der Waals surface area (Å²) >= 11 is 1.71. The third-order valence-corrected chi connectivity index (χ3v) is 6.59. The topological polar surface area (TPSA) is 79.9 Å². The van der Waals surface area contributed by atoms with Crippen LogP contribution in [0, 0.1) is 0 Å². The molecular formula is C24H21N7OS. The molecule has 5 aromatic rings. The molecule has 1 saturated heterocycles. The number of ether oxygens (including phenoxy) is 1. The lowest BCUT2D eigenvalue weighted by Crippen LogP contribution is -2.37. The zero-order valence-corrected chi connectivity index (χ0v) is 18.6. The molecular weight excluding hydrogens is 434 g/mol. The maximum Gasteiger partial charge on any atom is 0.160 e. The van der Waals surface area contributed by atoms with Gasteiger partial charge in [0.15, 0.2) is 11.5 Å². The van der Waals surface area contributed by atoms with Crippen LogP contribution in [0.5, 0.6) is 0 Å². The van der Waals surface area contributed by atoms with E-state index in [4.69, 9.17) is 14.8 Å². The number of benzene rings is 1. The first-order chi connectivity index (χ1) is 16.3. The van der Waals surface area contributed by atoms with Crippen molar-refractivity contribution in [3.05, 3.63) is 71.9 Å². The van der Waals surface area contributed by atoms with Crippen LogP contribution in [0.1, 0.15) is 4.88 Å². The number of morpholine rings is 1. The molecule has 6 rings (SSSR count). The Morgan fingerprint density at radius 1 is 1.03 bits per heavy atom. The van der Waals surface area contributed by atoms with Gasteiger partial charge in [-0.1, -0.05) is 18.2 Å². The first kappa shape index (κ1) is 19.8. The zero-order chi connectivity index (χ0) is 22.0. The standard InChI is InChI=1S/C24H21N7OS/c1-2-4-21-18(3-1)13-19(33-21)16-26-28-22-15-24(30-9-11-32-12-10-30)31-23(27-22)14-20(29-31)17-5-7-25-8-6-17/h1-8,13-16H,9-12H2,(H,27,28). The molecule has 1 fully saturated rings. The number of thiophene rings is 1. The van der Waals surface area contributed by atoms with Gasteiger partial charge in [-0.3, -0.25) is 10.4 Å². The summed E-state index contributed by atoms with van der Waals surface area (Å²) in [6, 6.07) is 18.3. The molecule has 0 saturated carbocycles. The van der Waals surface area contributed by atoms with Crippen LogP contribution in [0.4, 0.5) is 11.6 Å². The van der Waals surface area contributed by atoms with E-state index in [0.29, 0.717) is 19.0 Å². The quantitative estimate of drug-likeness (QED) is 0.315. The summed E-state index contributed by atoms with van der Waals surface area (Å²) in [5.74, 6) is 1.63. The first-order valence-corrected chi connectivity index (χ1v) is 11.6. The average molecular weight is 456 g/mol. The SMILES string of the molecule is C(=NNc1cc(N2CCOCC2)n2nc(-c3ccncc3)cc2n1)c1cc2ccccc2s1. The van der Waals surface area contributed by atoms with Gasteiger partial charge in [-0.2, -0.15) is 14.7 Å². The van der Waals surface area contributed by atoms with Crippen molar-refractivity contribution in [1.29, 1.82) is 0 Å². The van der Waals surface area contributed by atoms with Crippen LogP contribution in [0.25, 0.3) is 27.0 Å². The second kappa shape index (κ2) is 8.61. The van der Waals surface area contributed by atoms with Crippen LogP contribution < -0.4 is 10.3 Å². The second-order valence-electron chi connectivity index (χ2n) is 7.69. The summed E-state index contributed by atoms with van der Waals surface area (Å²) in [4.78, 5) is 12.2. The predicted molar refractivity (Wildman–Crippen MR) is 132 cm³/mol. The molecule has 0 amide bonds. The summed E-state index contributed by atoms with van der Waals surface area (Å²) in [7, 11) is 0. The van der Waals surface area contributed by atoms with Crippen molar-refractivity contribution in [3.8, 4) is 11.3 Å². The van der Waals surface area contributed by atoms with E-state index in [9.17, 15) is 0 Å². The monoisotopic (exact) mass is 455 g/mol. The fraction of sp³-hybridized carbons (Fsp3) is 0.167. The highest BCUT2D eigenvalue weighted by Crippen LogP contribution is 2.26. The van der Waals surface area contributed by atoms with Gasteiger partial charge in [-0.05, 0) is 29.7 Å². The number of nitrogens with zero attached hydrogens (tertiary/aromatic N) is 6. The Kier molecular flexibility index (Phi) is 5.17.